The molecule has 9 nitrogen and oxygen atoms in total. The van der Waals surface area contributed by atoms with E-state index in [9.17, 15) is 4.79 Å². The smallest absolute Gasteiger partial charge is 0.248 e. The van der Waals surface area contributed by atoms with Gasteiger partial charge in [0.15, 0.2) is 11.5 Å². The summed E-state index contributed by atoms with van der Waals surface area (Å²) in [5, 5.41) is 15.6. The van der Waals surface area contributed by atoms with E-state index >= 15 is 0 Å². The lowest BCUT2D eigenvalue weighted by atomic mass is 9.95. The monoisotopic (exact) mass is 460 g/mol. The zero-order valence-corrected chi connectivity index (χ0v) is 18.1. The first-order chi connectivity index (χ1) is 14.9. The van der Waals surface area contributed by atoms with Crippen LogP contribution in [0.15, 0.2) is 47.7 Å². The quantitative estimate of drug-likeness (QED) is 0.578. The molecule has 31 heavy (non-hydrogen) atoms. The third-order valence-corrected chi connectivity index (χ3v) is 5.62. The van der Waals surface area contributed by atoms with Gasteiger partial charge in [0.1, 0.15) is 12.6 Å². The van der Waals surface area contributed by atoms with E-state index in [0.717, 1.165) is 0 Å². The lowest BCUT2D eigenvalue weighted by Gasteiger charge is -2.27. The average Bonchev–Trinajstić information content (AvgIpc) is 3.20. The minimum absolute atomic E-state index is 0.157. The molecule has 1 aliphatic heterocycles. The molecular formula is C20H18Cl2N6O3. The van der Waals surface area contributed by atoms with Crippen LogP contribution in [0.4, 0.5) is 5.95 Å². The molecule has 1 aliphatic rings. The zero-order valence-electron chi connectivity index (χ0n) is 16.6. The van der Waals surface area contributed by atoms with Crippen LogP contribution in [0, 0.1) is 0 Å². The summed E-state index contributed by atoms with van der Waals surface area (Å²) in [5.41, 5.74) is 7.94. The van der Waals surface area contributed by atoms with Crippen molar-refractivity contribution in [2.75, 3.05) is 12.4 Å². The second-order valence-electron chi connectivity index (χ2n) is 6.78. The summed E-state index contributed by atoms with van der Waals surface area (Å²) in [6, 6.07) is 9.91. The van der Waals surface area contributed by atoms with Crippen LogP contribution in [-0.4, -0.2) is 33.2 Å². The van der Waals surface area contributed by atoms with Crippen molar-refractivity contribution in [2.24, 2.45) is 5.73 Å². The number of nitrogens with zero attached hydrogens (tertiary/aromatic N) is 4. The molecule has 4 rings (SSSR count). The minimum Gasteiger partial charge on any atom is -0.493 e. The van der Waals surface area contributed by atoms with Crippen molar-refractivity contribution in [2.45, 2.75) is 19.6 Å². The van der Waals surface area contributed by atoms with Crippen molar-refractivity contribution >= 4 is 35.1 Å². The largest absolute Gasteiger partial charge is 0.493 e. The summed E-state index contributed by atoms with van der Waals surface area (Å²) in [6.45, 7) is 1.90. The third kappa shape index (κ3) is 3.89. The number of ether oxygens (including phenoxy) is 2. The van der Waals surface area contributed by atoms with Gasteiger partial charge in [-0.05, 0) is 47.2 Å². The number of fused-ring (bicyclic) bond motifs is 1. The van der Waals surface area contributed by atoms with Gasteiger partial charge in [0.25, 0.3) is 0 Å². The maximum Gasteiger partial charge on any atom is 0.248 e. The first-order valence-corrected chi connectivity index (χ1v) is 9.95. The van der Waals surface area contributed by atoms with Gasteiger partial charge in [-0.25, -0.2) is 0 Å². The number of methoxy groups -OCH3 is 1. The maximum atomic E-state index is 12.2. The molecule has 1 aromatic heterocycles. The fourth-order valence-corrected chi connectivity index (χ4v) is 3.94. The van der Waals surface area contributed by atoms with E-state index in [2.05, 4.69) is 20.8 Å². The number of tetrazole rings is 1. The number of aromatic nitrogens is 4. The molecule has 0 bridgehead atoms. The summed E-state index contributed by atoms with van der Waals surface area (Å²) >= 11 is 12.4. The highest BCUT2D eigenvalue weighted by atomic mass is 35.5. The first kappa shape index (κ1) is 21.0. The van der Waals surface area contributed by atoms with Crippen molar-refractivity contribution in [1.29, 1.82) is 0 Å². The number of halogens is 2. The van der Waals surface area contributed by atoms with Gasteiger partial charge >= 0.3 is 0 Å². The predicted molar refractivity (Wildman–Crippen MR) is 115 cm³/mol. The van der Waals surface area contributed by atoms with Gasteiger partial charge in [-0.2, -0.15) is 4.68 Å². The molecule has 3 aromatic rings. The standard InChI is InChI=1S/C20H18Cl2N6O3/c1-10-17(19(23)29)18(28-20(24-10)25-26-27-28)11-6-7-15(16(8-11)30-2)31-9-12-13(21)4-3-5-14(12)22/h3-8,18H,9H2,1-2H3,(H2,23,29)(H,24,25,27). The number of nitrogens with two attached hydrogens (primary N) is 1. The molecule has 2 aromatic carbocycles. The zero-order chi connectivity index (χ0) is 22.1. The molecule has 3 N–H and O–H groups in total. The summed E-state index contributed by atoms with van der Waals surface area (Å²) < 4.78 is 12.9. The van der Waals surface area contributed by atoms with E-state index in [1.807, 2.05) is 0 Å². The average molecular weight is 461 g/mol. The molecule has 1 atom stereocenters. The van der Waals surface area contributed by atoms with Gasteiger partial charge < -0.3 is 20.5 Å². The molecule has 160 valence electrons. The SMILES string of the molecule is COc1cc(C2C(C(N)=O)=C(C)Nc3nnnn32)ccc1OCc1c(Cl)cccc1Cl. The highest BCUT2D eigenvalue weighted by Crippen LogP contribution is 2.38. The van der Waals surface area contributed by atoms with Crippen LogP contribution in [0.1, 0.15) is 24.1 Å². The predicted octanol–water partition coefficient (Wildman–Crippen LogP) is 3.34. The number of hydrogen-bond donors (Lipinski definition) is 2. The van der Waals surface area contributed by atoms with Crippen LogP contribution in [0.5, 0.6) is 11.5 Å². The van der Waals surface area contributed by atoms with Crippen molar-refractivity contribution < 1.29 is 14.3 Å². The molecule has 0 aliphatic carbocycles. The van der Waals surface area contributed by atoms with Gasteiger partial charge in [0.05, 0.1) is 12.7 Å². The van der Waals surface area contributed by atoms with Crippen LogP contribution in [0.2, 0.25) is 10.0 Å². The summed E-state index contributed by atoms with van der Waals surface area (Å²) in [5.74, 6) is 0.758. The summed E-state index contributed by atoms with van der Waals surface area (Å²) in [4.78, 5) is 12.2. The number of rotatable bonds is 6. The first-order valence-electron chi connectivity index (χ1n) is 9.19. The Morgan fingerprint density at radius 1 is 1.23 bits per heavy atom. The Morgan fingerprint density at radius 2 is 1.97 bits per heavy atom. The molecular weight excluding hydrogens is 443 g/mol. The van der Waals surface area contributed by atoms with Crippen LogP contribution >= 0.6 is 23.2 Å². The van der Waals surface area contributed by atoms with Gasteiger partial charge in [0, 0.05) is 21.3 Å². The van der Waals surface area contributed by atoms with E-state index in [1.54, 1.807) is 43.3 Å². The second kappa shape index (κ2) is 8.44. The highest BCUT2D eigenvalue weighted by Gasteiger charge is 2.33. The topological polar surface area (TPSA) is 117 Å². The van der Waals surface area contributed by atoms with E-state index in [0.29, 0.717) is 49.9 Å². The lowest BCUT2D eigenvalue weighted by molar-refractivity contribution is -0.115. The number of anilines is 1. The number of allylic oxidation sites excluding steroid dienone is 1. The summed E-state index contributed by atoms with van der Waals surface area (Å²) in [6.07, 6.45) is 0. The number of amides is 1. The van der Waals surface area contributed by atoms with Gasteiger partial charge in [0.2, 0.25) is 11.9 Å². The Kier molecular flexibility index (Phi) is 5.71. The van der Waals surface area contributed by atoms with Gasteiger partial charge in [-0.1, -0.05) is 40.4 Å². The Balaban J connectivity index is 1.69. The Hall–Kier alpha value is -3.30. The maximum absolute atomic E-state index is 12.2. The van der Waals surface area contributed by atoms with Crippen LogP contribution in [0.3, 0.4) is 0 Å². The number of carbonyl (C=O) groups excluding carboxylic acids is 1. The number of benzene rings is 2. The Morgan fingerprint density at radius 3 is 2.65 bits per heavy atom. The Bertz CT molecular complexity index is 1170. The van der Waals surface area contributed by atoms with Crippen molar-refractivity contribution in [1.82, 2.24) is 20.2 Å². The molecule has 11 heteroatoms. The molecule has 1 unspecified atom stereocenters. The lowest BCUT2D eigenvalue weighted by Crippen LogP contribution is -2.31. The van der Waals surface area contributed by atoms with Crippen molar-refractivity contribution in [3.05, 3.63) is 68.8 Å². The third-order valence-electron chi connectivity index (χ3n) is 4.92. The molecule has 0 spiro atoms. The van der Waals surface area contributed by atoms with E-state index in [4.69, 9.17) is 38.4 Å². The van der Waals surface area contributed by atoms with Crippen LogP contribution in [-0.2, 0) is 11.4 Å². The second-order valence-corrected chi connectivity index (χ2v) is 7.59. The molecule has 1 amide bonds. The van der Waals surface area contributed by atoms with E-state index < -0.39 is 11.9 Å². The van der Waals surface area contributed by atoms with Gasteiger partial charge in [-0.3, -0.25) is 4.79 Å². The van der Waals surface area contributed by atoms with Gasteiger partial charge in [-0.15, -0.1) is 0 Å². The number of hydrogen-bond acceptors (Lipinski definition) is 7. The molecule has 2 heterocycles. The van der Waals surface area contributed by atoms with Crippen molar-refractivity contribution in [3.8, 4) is 11.5 Å². The fourth-order valence-electron chi connectivity index (χ4n) is 3.43. The minimum atomic E-state index is -0.621. The number of carbonyl (C=O) groups is 1. The highest BCUT2D eigenvalue weighted by molar-refractivity contribution is 6.35. The molecule has 0 radical (unpaired) electrons. The van der Waals surface area contributed by atoms with Crippen LogP contribution in [0.25, 0.3) is 0 Å². The van der Waals surface area contributed by atoms with E-state index in [-0.39, 0.29) is 6.61 Å². The molecule has 0 fully saturated rings. The number of primary amides is 1. The van der Waals surface area contributed by atoms with E-state index in [1.165, 1.54) is 11.8 Å². The molecule has 0 saturated carbocycles. The van der Waals surface area contributed by atoms with Crippen LogP contribution < -0.4 is 20.5 Å². The Labute approximate surface area is 187 Å². The number of nitrogens with one attached hydrogen (secondary N) is 1. The molecule has 0 saturated heterocycles. The van der Waals surface area contributed by atoms with Crippen molar-refractivity contribution in [3.63, 3.8) is 0 Å². The summed E-state index contributed by atoms with van der Waals surface area (Å²) in [7, 11) is 1.52. The fraction of sp³-hybridized carbons (Fsp3) is 0.200. The normalized spacial score (nSPS) is 15.3.